The summed E-state index contributed by atoms with van der Waals surface area (Å²) >= 11 is 0. The van der Waals surface area contributed by atoms with Crippen LogP contribution in [0.15, 0.2) is 67.3 Å². The van der Waals surface area contributed by atoms with Crippen LogP contribution in [0.3, 0.4) is 0 Å². The van der Waals surface area contributed by atoms with Gasteiger partial charge in [-0.25, -0.2) is 9.97 Å². The van der Waals surface area contributed by atoms with Gasteiger partial charge in [0.25, 0.3) is 5.69 Å². The summed E-state index contributed by atoms with van der Waals surface area (Å²) in [5.74, 6) is 0.391. The summed E-state index contributed by atoms with van der Waals surface area (Å²) in [5, 5.41) is 13.1. The standard InChI is InChI=1S/C27H25N5O4/c1-17-5-8-20(32(34)35)14-22(17)19-7-6-18-9-12-31(23(18)13-19)25-21-10-11-30(24(21)28-15-29-25)16-36-26(33)27(2,3)4/h5-15H,16H2,1-4H3. The van der Waals surface area contributed by atoms with E-state index in [0.717, 1.165) is 33.0 Å². The van der Waals surface area contributed by atoms with Gasteiger partial charge in [0.2, 0.25) is 0 Å². The van der Waals surface area contributed by atoms with Gasteiger partial charge in [-0.2, -0.15) is 0 Å². The number of fused-ring (bicyclic) bond motifs is 2. The number of nitro groups is 1. The predicted molar refractivity (Wildman–Crippen MR) is 137 cm³/mol. The lowest BCUT2D eigenvalue weighted by molar-refractivity contribution is -0.384. The first-order valence-corrected chi connectivity index (χ1v) is 11.5. The SMILES string of the molecule is Cc1ccc([N+](=O)[O-])cc1-c1ccc2ccn(-c3ncnc4c3ccn4COC(=O)C(C)(C)C)c2c1. The lowest BCUT2D eigenvalue weighted by atomic mass is 9.98. The fourth-order valence-electron chi connectivity index (χ4n) is 4.15. The van der Waals surface area contributed by atoms with Gasteiger partial charge in [-0.1, -0.05) is 18.2 Å². The van der Waals surface area contributed by atoms with Crippen LogP contribution >= 0.6 is 0 Å². The summed E-state index contributed by atoms with van der Waals surface area (Å²) in [4.78, 5) is 32.1. The molecule has 0 N–H and O–H groups in total. The molecule has 0 unspecified atom stereocenters. The van der Waals surface area contributed by atoms with Gasteiger partial charge < -0.3 is 9.30 Å². The average molecular weight is 484 g/mol. The second-order valence-electron chi connectivity index (χ2n) is 9.75. The predicted octanol–water partition coefficient (Wildman–Crippen LogP) is 5.81. The van der Waals surface area contributed by atoms with E-state index in [1.165, 1.54) is 12.4 Å². The number of aryl methyl sites for hydroxylation is 1. The van der Waals surface area contributed by atoms with Crippen LogP contribution in [0, 0.1) is 22.5 Å². The maximum absolute atomic E-state index is 12.2. The molecule has 9 heteroatoms. The van der Waals surface area contributed by atoms with Crippen LogP contribution in [0.4, 0.5) is 5.69 Å². The van der Waals surface area contributed by atoms with E-state index in [9.17, 15) is 14.9 Å². The van der Waals surface area contributed by atoms with Crippen molar-refractivity contribution in [3.8, 4) is 16.9 Å². The quantitative estimate of drug-likeness (QED) is 0.178. The third-order valence-corrected chi connectivity index (χ3v) is 6.15. The van der Waals surface area contributed by atoms with Crippen molar-refractivity contribution in [1.82, 2.24) is 19.1 Å². The summed E-state index contributed by atoms with van der Waals surface area (Å²) in [6.07, 6.45) is 5.25. The Hall–Kier alpha value is -4.53. The van der Waals surface area contributed by atoms with Gasteiger partial charge in [0.1, 0.15) is 17.8 Å². The Morgan fingerprint density at radius 1 is 1.06 bits per heavy atom. The van der Waals surface area contributed by atoms with Gasteiger partial charge >= 0.3 is 5.97 Å². The number of nitro benzene ring substituents is 1. The van der Waals surface area contributed by atoms with E-state index in [4.69, 9.17) is 4.74 Å². The van der Waals surface area contributed by atoms with Gasteiger partial charge in [-0.3, -0.25) is 19.5 Å². The number of rotatable bonds is 5. The Kier molecular flexibility index (Phi) is 5.55. The van der Waals surface area contributed by atoms with Gasteiger partial charge in [0.05, 0.1) is 21.2 Å². The van der Waals surface area contributed by atoms with Crippen molar-refractivity contribution in [1.29, 1.82) is 0 Å². The molecule has 2 aromatic carbocycles. The molecule has 0 amide bonds. The number of carbonyl (C=O) groups excluding carboxylic acids is 1. The molecular weight excluding hydrogens is 458 g/mol. The minimum absolute atomic E-state index is 0.0529. The number of nitrogens with zero attached hydrogens (tertiary/aromatic N) is 5. The summed E-state index contributed by atoms with van der Waals surface area (Å²) in [5.41, 5.74) is 3.64. The third-order valence-electron chi connectivity index (χ3n) is 6.15. The first kappa shape index (κ1) is 23.2. The van der Waals surface area contributed by atoms with Crippen LogP contribution in [0.5, 0.6) is 0 Å². The Bertz CT molecular complexity index is 1640. The topological polar surface area (TPSA) is 105 Å². The van der Waals surface area contributed by atoms with Crippen LogP contribution < -0.4 is 0 Å². The van der Waals surface area contributed by atoms with E-state index in [1.54, 1.807) is 16.7 Å². The molecule has 9 nitrogen and oxygen atoms in total. The first-order valence-electron chi connectivity index (χ1n) is 11.5. The van der Waals surface area contributed by atoms with Gasteiger partial charge in [0.15, 0.2) is 6.73 Å². The summed E-state index contributed by atoms with van der Waals surface area (Å²) in [6.45, 7) is 7.42. The number of non-ortho nitro benzene ring substituents is 1. The summed E-state index contributed by atoms with van der Waals surface area (Å²) in [6, 6.07) is 14.7. The van der Waals surface area contributed by atoms with E-state index in [1.807, 2.05) is 75.0 Å². The van der Waals surface area contributed by atoms with Crippen LogP contribution in [-0.2, 0) is 16.3 Å². The van der Waals surface area contributed by atoms with Crippen LogP contribution in [0.2, 0.25) is 0 Å². The van der Waals surface area contributed by atoms with Crippen molar-refractivity contribution in [3.63, 3.8) is 0 Å². The monoisotopic (exact) mass is 483 g/mol. The van der Waals surface area contributed by atoms with Crippen LogP contribution in [0.1, 0.15) is 26.3 Å². The number of ether oxygens (including phenoxy) is 1. The Morgan fingerprint density at radius 2 is 1.86 bits per heavy atom. The largest absolute Gasteiger partial charge is 0.443 e. The zero-order valence-corrected chi connectivity index (χ0v) is 20.4. The summed E-state index contributed by atoms with van der Waals surface area (Å²) < 4.78 is 9.22. The minimum atomic E-state index is -0.595. The molecule has 0 saturated carbocycles. The number of hydrogen-bond donors (Lipinski definition) is 0. The maximum Gasteiger partial charge on any atom is 0.312 e. The second-order valence-corrected chi connectivity index (χ2v) is 9.75. The Balaban J connectivity index is 1.57. The smallest absolute Gasteiger partial charge is 0.312 e. The van der Waals surface area contributed by atoms with E-state index in [-0.39, 0.29) is 23.3 Å². The zero-order chi connectivity index (χ0) is 25.6. The van der Waals surface area contributed by atoms with Crippen molar-refractivity contribution in [2.75, 3.05) is 0 Å². The number of benzene rings is 2. The highest BCUT2D eigenvalue weighted by Gasteiger charge is 2.23. The highest BCUT2D eigenvalue weighted by molar-refractivity contribution is 5.91. The number of esters is 1. The molecule has 182 valence electrons. The molecule has 0 spiro atoms. The molecule has 0 aliphatic rings. The van der Waals surface area contributed by atoms with Crippen molar-refractivity contribution >= 4 is 33.6 Å². The lowest BCUT2D eigenvalue weighted by Crippen LogP contribution is -2.23. The lowest BCUT2D eigenvalue weighted by Gasteiger charge is -2.17. The van der Waals surface area contributed by atoms with E-state index in [0.29, 0.717) is 11.5 Å². The third kappa shape index (κ3) is 4.08. The molecule has 0 atom stereocenters. The first-order chi connectivity index (χ1) is 17.1. The van der Waals surface area contributed by atoms with Crippen molar-refractivity contribution in [2.45, 2.75) is 34.4 Å². The Labute approximate surface area is 207 Å². The van der Waals surface area contributed by atoms with E-state index in [2.05, 4.69) is 9.97 Å². The van der Waals surface area contributed by atoms with Crippen LogP contribution in [0.25, 0.3) is 38.9 Å². The van der Waals surface area contributed by atoms with Gasteiger partial charge in [0, 0.05) is 29.9 Å². The van der Waals surface area contributed by atoms with Crippen molar-refractivity contribution < 1.29 is 14.5 Å². The zero-order valence-electron chi connectivity index (χ0n) is 20.4. The molecule has 0 bridgehead atoms. The van der Waals surface area contributed by atoms with Gasteiger partial charge in [-0.15, -0.1) is 0 Å². The normalized spacial score (nSPS) is 11.8. The molecule has 5 aromatic rings. The molecule has 0 aliphatic carbocycles. The molecule has 5 rings (SSSR count). The van der Waals surface area contributed by atoms with E-state index >= 15 is 0 Å². The number of hydrogen-bond acceptors (Lipinski definition) is 6. The highest BCUT2D eigenvalue weighted by Crippen LogP contribution is 2.32. The molecule has 3 heterocycles. The molecule has 0 aliphatic heterocycles. The highest BCUT2D eigenvalue weighted by atomic mass is 16.6. The number of carbonyl (C=O) groups is 1. The minimum Gasteiger partial charge on any atom is -0.443 e. The molecule has 3 aromatic heterocycles. The molecule has 36 heavy (non-hydrogen) atoms. The molecular formula is C27H25N5O4. The fourth-order valence-corrected chi connectivity index (χ4v) is 4.15. The molecule has 0 fully saturated rings. The fraction of sp³-hybridized carbons (Fsp3) is 0.222. The second kappa shape index (κ2) is 8.60. The Morgan fingerprint density at radius 3 is 2.61 bits per heavy atom. The van der Waals surface area contributed by atoms with Crippen molar-refractivity contribution in [3.05, 3.63) is 82.9 Å². The van der Waals surface area contributed by atoms with Crippen molar-refractivity contribution in [2.24, 2.45) is 5.41 Å². The van der Waals surface area contributed by atoms with Gasteiger partial charge in [-0.05, 0) is 62.6 Å². The molecule has 0 saturated heterocycles. The summed E-state index contributed by atoms with van der Waals surface area (Å²) in [7, 11) is 0. The van der Waals surface area contributed by atoms with E-state index < -0.39 is 5.41 Å². The van der Waals surface area contributed by atoms with Crippen LogP contribution in [-0.4, -0.2) is 30.0 Å². The molecule has 0 radical (unpaired) electrons. The number of aromatic nitrogens is 4. The maximum atomic E-state index is 12.2. The average Bonchev–Trinajstić information content (AvgIpc) is 3.45.